The molecule has 0 saturated carbocycles. The summed E-state index contributed by atoms with van der Waals surface area (Å²) in [5, 5.41) is 12.2. The highest BCUT2D eigenvalue weighted by molar-refractivity contribution is 6.30. The molecule has 1 fully saturated rings. The van der Waals surface area contributed by atoms with Crippen molar-refractivity contribution in [2.75, 3.05) is 39.5 Å². The lowest BCUT2D eigenvalue weighted by atomic mass is 10.0. The first-order valence-corrected chi connectivity index (χ1v) is 7.03. The minimum atomic E-state index is -0.495. The van der Waals surface area contributed by atoms with E-state index in [2.05, 4.69) is 10.2 Å². The van der Waals surface area contributed by atoms with Crippen LogP contribution >= 0.6 is 11.6 Å². The third-order valence-electron chi connectivity index (χ3n) is 3.36. The van der Waals surface area contributed by atoms with Crippen LogP contribution in [-0.4, -0.2) is 55.4 Å². The van der Waals surface area contributed by atoms with Gasteiger partial charge in [-0.25, -0.2) is 0 Å². The number of benzene rings is 1. The molecule has 2 rings (SSSR count). The molecule has 1 aliphatic heterocycles. The van der Waals surface area contributed by atoms with Crippen LogP contribution in [0.5, 0.6) is 0 Å². The summed E-state index contributed by atoms with van der Waals surface area (Å²) in [6.45, 7) is 2.94. The average molecular weight is 299 g/mol. The van der Waals surface area contributed by atoms with E-state index in [4.69, 9.17) is 21.4 Å². The Kier molecular flexibility index (Phi) is 5.79. The minimum Gasteiger partial charge on any atom is -0.387 e. The molecule has 5 nitrogen and oxygen atoms in total. The predicted molar refractivity (Wildman–Crippen MR) is 76.7 cm³/mol. The number of aliphatic hydroxyl groups excluding tert-OH is 1. The van der Waals surface area contributed by atoms with Gasteiger partial charge in [0.1, 0.15) is 6.61 Å². The molecule has 1 aromatic carbocycles. The second-order valence-corrected chi connectivity index (χ2v) is 5.12. The molecule has 1 amide bonds. The number of hydrogen-bond donors (Lipinski definition) is 2. The number of amides is 1. The number of morpholine rings is 1. The standard InChI is InChI=1S/C14H19ClN2O3/c15-12-3-1-2-11(8-12)13(9-16-14(19)10-18)17-4-6-20-7-5-17/h1-3,8,13,18H,4-7,9-10H2,(H,16,19). The number of nitrogens with one attached hydrogen (secondary N) is 1. The van der Waals surface area contributed by atoms with Crippen LogP contribution in [0.1, 0.15) is 11.6 Å². The second-order valence-electron chi connectivity index (χ2n) is 4.68. The zero-order valence-electron chi connectivity index (χ0n) is 11.2. The highest BCUT2D eigenvalue weighted by Crippen LogP contribution is 2.23. The van der Waals surface area contributed by atoms with Gasteiger partial charge in [-0.1, -0.05) is 23.7 Å². The molecule has 1 atom stereocenters. The molecule has 1 aromatic rings. The van der Waals surface area contributed by atoms with Gasteiger partial charge in [0.15, 0.2) is 0 Å². The first-order valence-electron chi connectivity index (χ1n) is 6.65. The SMILES string of the molecule is O=C(CO)NCC(c1cccc(Cl)c1)N1CCOCC1. The minimum absolute atomic E-state index is 0.0353. The lowest BCUT2D eigenvalue weighted by Gasteiger charge is -2.35. The lowest BCUT2D eigenvalue weighted by Crippen LogP contribution is -2.44. The van der Waals surface area contributed by atoms with Crippen molar-refractivity contribution in [2.24, 2.45) is 0 Å². The van der Waals surface area contributed by atoms with Crippen molar-refractivity contribution >= 4 is 17.5 Å². The van der Waals surface area contributed by atoms with Crippen molar-refractivity contribution < 1.29 is 14.6 Å². The van der Waals surface area contributed by atoms with Gasteiger partial charge in [-0.2, -0.15) is 0 Å². The maximum absolute atomic E-state index is 11.3. The largest absolute Gasteiger partial charge is 0.387 e. The zero-order chi connectivity index (χ0) is 14.4. The van der Waals surface area contributed by atoms with Gasteiger partial charge in [0.2, 0.25) is 5.91 Å². The molecule has 1 aliphatic rings. The third kappa shape index (κ3) is 4.18. The Morgan fingerprint density at radius 2 is 2.20 bits per heavy atom. The van der Waals surface area contributed by atoms with E-state index < -0.39 is 6.61 Å². The van der Waals surface area contributed by atoms with E-state index in [9.17, 15) is 4.79 Å². The van der Waals surface area contributed by atoms with Crippen LogP contribution in [-0.2, 0) is 9.53 Å². The molecule has 1 saturated heterocycles. The Hall–Kier alpha value is -1.14. The maximum Gasteiger partial charge on any atom is 0.245 e. The summed E-state index contributed by atoms with van der Waals surface area (Å²) in [7, 11) is 0. The number of ether oxygens (including phenoxy) is 1. The van der Waals surface area contributed by atoms with Gasteiger partial charge in [-0.05, 0) is 17.7 Å². The molecule has 1 heterocycles. The molecule has 0 aliphatic carbocycles. The summed E-state index contributed by atoms with van der Waals surface area (Å²) < 4.78 is 5.36. The topological polar surface area (TPSA) is 61.8 Å². The van der Waals surface area contributed by atoms with Gasteiger partial charge < -0.3 is 15.2 Å². The van der Waals surface area contributed by atoms with Crippen LogP contribution in [0.15, 0.2) is 24.3 Å². The predicted octanol–water partition coefficient (Wildman–Crippen LogP) is 0.822. The smallest absolute Gasteiger partial charge is 0.245 e. The molecule has 110 valence electrons. The summed E-state index contributed by atoms with van der Waals surface area (Å²) in [6, 6.07) is 7.67. The van der Waals surface area contributed by atoms with E-state index in [0.717, 1.165) is 18.7 Å². The fraction of sp³-hybridized carbons (Fsp3) is 0.500. The third-order valence-corrected chi connectivity index (χ3v) is 3.59. The van der Waals surface area contributed by atoms with E-state index >= 15 is 0 Å². The lowest BCUT2D eigenvalue weighted by molar-refractivity contribution is -0.124. The maximum atomic E-state index is 11.3. The molecule has 0 spiro atoms. The summed E-state index contributed by atoms with van der Waals surface area (Å²) in [5.74, 6) is -0.370. The van der Waals surface area contributed by atoms with Gasteiger partial charge in [0.25, 0.3) is 0 Å². The quantitative estimate of drug-likeness (QED) is 0.845. The van der Waals surface area contributed by atoms with E-state index in [1.807, 2.05) is 24.3 Å². The molecule has 20 heavy (non-hydrogen) atoms. The van der Waals surface area contributed by atoms with Crippen molar-refractivity contribution in [1.82, 2.24) is 10.2 Å². The Morgan fingerprint density at radius 3 is 2.85 bits per heavy atom. The Labute approximate surface area is 123 Å². The number of carbonyl (C=O) groups excluding carboxylic acids is 1. The van der Waals surface area contributed by atoms with Gasteiger partial charge in [0.05, 0.1) is 19.3 Å². The number of halogens is 1. The van der Waals surface area contributed by atoms with Gasteiger partial charge >= 0.3 is 0 Å². The molecule has 1 unspecified atom stereocenters. The molecular formula is C14H19ClN2O3. The van der Waals surface area contributed by atoms with Crippen LogP contribution in [0.4, 0.5) is 0 Å². The highest BCUT2D eigenvalue weighted by atomic mass is 35.5. The molecular weight excluding hydrogens is 280 g/mol. The van der Waals surface area contributed by atoms with Crippen molar-refractivity contribution in [3.63, 3.8) is 0 Å². The van der Waals surface area contributed by atoms with Crippen LogP contribution in [0.2, 0.25) is 5.02 Å². The van der Waals surface area contributed by atoms with Crippen LogP contribution in [0.3, 0.4) is 0 Å². The highest BCUT2D eigenvalue weighted by Gasteiger charge is 2.23. The normalized spacial score (nSPS) is 17.7. The molecule has 0 aromatic heterocycles. The second kappa shape index (κ2) is 7.59. The van der Waals surface area contributed by atoms with E-state index in [1.165, 1.54) is 0 Å². The molecule has 6 heteroatoms. The van der Waals surface area contributed by atoms with Crippen molar-refractivity contribution in [3.8, 4) is 0 Å². The van der Waals surface area contributed by atoms with Crippen LogP contribution in [0.25, 0.3) is 0 Å². The number of aliphatic hydroxyl groups is 1. The number of rotatable bonds is 5. The van der Waals surface area contributed by atoms with Crippen molar-refractivity contribution in [2.45, 2.75) is 6.04 Å². The van der Waals surface area contributed by atoms with Crippen molar-refractivity contribution in [3.05, 3.63) is 34.9 Å². The Morgan fingerprint density at radius 1 is 1.45 bits per heavy atom. The number of hydrogen-bond acceptors (Lipinski definition) is 4. The van der Waals surface area contributed by atoms with E-state index in [1.54, 1.807) is 0 Å². The monoisotopic (exact) mass is 298 g/mol. The first kappa shape index (κ1) is 15.3. The fourth-order valence-electron chi connectivity index (χ4n) is 2.33. The van der Waals surface area contributed by atoms with Crippen LogP contribution < -0.4 is 5.32 Å². The fourth-order valence-corrected chi connectivity index (χ4v) is 2.53. The van der Waals surface area contributed by atoms with E-state index in [-0.39, 0.29) is 11.9 Å². The first-order chi connectivity index (χ1) is 9.70. The van der Waals surface area contributed by atoms with E-state index in [0.29, 0.717) is 24.8 Å². The Bertz CT molecular complexity index is 450. The van der Waals surface area contributed by atoms with Gasteiger partial charge in [-0.3, -0.25) is 9.69 Å². The molecule has 0 radical (unpaired) electrons. The molecule has 0 bridgehead atoms. The molecule has 2 N–H and O–H groups in total. The van der Waals surface area contributed by atoms with Gasteiger partial charge in [-0.15, -0.1) is 0 Å². The summed E-state index contributed by atoms with van der Waals surface area (Å²) in [5.41, 5.74) is 1.05. The number of carbonyl (C=O) groups is 1. The zero-order valence-corrected chi connectivity index (χ0v) is 12.0. The Balaban J connectivity index is 2.12. The van der Waals surface area contributed by atoms with Gasteiger partial charge in [0, 0.05) is 24.7 Å². The summed E-state index contributed by atoms with van der Waals surface area (Å²) in [4.78, 5) is 13.5. The number of nitrogens with zero attached hydrogens (tertiary/aromatic N) is 1. The van der Waals surface area contributed by atoms with Crippen molar-refractivity contribution in [1.29, 1.82) is 0 Å². The van der Waals surface area contributed by atoms with Crippen LogP contribution in [0, 0.1) is 0 Å². The average Bonchev–Trinajstić information content (AvgIpc) is 2.48. The summed E-state index contributed by atoms with van der Waals surface area (Å²) >= 11 is 6.05. The summed E-state index contributed by atoms with van der Waals surface area (Å²) in [6.07, 6.45) is 0.